The van der Waals surface area contributed by atoms with Gasteiger partial charge < -0.3 is 5.32 Å². The summed E-state index contributed by atoms with van der Waals surface area (Å²) in [6, 6.07) is 4.98. The molecule has 1 aliphatic rings. The van der Waals surface area contributed by atoms with E-state index < -0.39 is 0 Å². The highest BCUT2D eigenvalue weighted by atomic mass is 32.2. The third kappa shape index (κ3) is 3.50. The summed E-state index contributed by atoms with van der Waals surface area (Å²) in [6.45, 7) is 3.18. The minimum absolute atomic E-state index is 0.772. The van der Waals surface area contributed by atoms with Gasteiger partial charge >= 0.3 is 0 Å². The number of pyridine rings is 1. The lowest BCUT2D eigenvalue weighted by Crippen LogP contribution is -2.16. The number of thioether (sulfide) groups is 1. The molecular formula is C12H18N2S. The summed E-state index contributed by atoms with van der Waals surface area (Å²) < 4.78 is 0. The second-order valence-corrected chi connectivity index (χ2v) is 5.05. The SMILES string of the molecule is CCCSc1ncccc1CNC1CC1. The van der Waals surface area contributed by atoms with Gasteiger partial charge in [-0.05, 0) is 36.6 Å². The molecule has 1 aromatic heterocycles. The largest absolute Gasteiger partial charge is 0.310 e. The molecular weight excluding hydrogens is 204 g/mol. The average molecular weight is 222 g/mol. The van der Waals surface area contributed by atoms with Crippen molar-refractivity contribution in [2.75, 3.05) is 5.75 Å². The van der Waals surface area contributed by atoms with Crippen LogP contribution in [0.15, 0.2) is 23.4 Å². The number of hydrogen-bond donors (Lipinski definition) is 1. The van der Waals surface area contributed by atoms with Crippen LogP contribution < -0.4 is 5.32 Å². The number of hydrogen-bond acceptors (Lipinski definition) is 3. The first kappa shape index (κ1) is 11.0. The van der Waals surface area contributed by atoms with Crippen LogP contribution in [0.5, 0.6) is 0 Å². The fourth-order valence-corrected chi connectivity index (χ4v) is 2.29. The summed E-state index contributed by atoms with van der Waals surface area (Å²) in [5, 5.41) is 4.74. The van der Waals surface area contributed by atoms with E-state index >= 15 is 0 Å². The summed E-state index contributed by atoms with van der Waals surface area (Å²) in [7, 11) is 0. The van der Waals surface area contributed by atoms with Crippen molar-refractivity contribution in [2.45, 2.75) is 43.8 Å². The maximum Gasteiger partial charge on any atom is 0.100 e. The molecule has 0 spiro atoms. The fraction of sp³-hybridized carbons (Fsp3) is 0.583. The molecule has 0 unspecified atom stereocenters. The van der Waals surface area contributed by atoms with Crippen molar-refractivity contribution in [3.05, 3.63) is 23.9 Å². The minimum Gasteiger partial charge on any atom is -0.310 e. The molecule has 0 aliphatic heterocycles. The topological polar surface area (TPSA) is 24.9 Å². The molecule has 0 atom stereocenters. The first-order valence-corrected chi connectivity index (χ1v) is 6.68. The summed E-state index contributed by atoms with van der Waals surface area (Å²) in [4.78, 5) is 4.44. The molecule has 82 valence electrons. The summed E-state index contributed by atoms with van der Waals surface area (Å²) in [6.07, 6.45) is 5.78. The van der Waals surface area contributed by atoms with Crippen LogP contribution in [0, 0.1) is 0 Å². The van der Waals surface area contributed by atoms with Crippen molar-refractivity contribution in [1.82, 2.24) is 10.3 Å². The van der Waals surface area contributed by atoms with Crippen LogP contribution in [0.25, 0.3) is 0 Å². The molecule has 1 saturated carbocycles. The lowest BCUT2D eigenvalue weighted by atomic mass is 10.3. The van der Waals surface area contributed by atoms with E-state index in [1.807, 2.05) is 24.0 Å². The zero-order chi connectivity index (χ0) is 10.5. The molecule has 2 rings (SSSR count). The van der Waals surface area contributed by atoms with Crippen LogP contribution in [0.2, 0.25) is 0 Å². The monoisotopic (exact) mass is 222 g/mol. The normalized spacial score (nSPS) is 15.5. The summed E-state index contributed by atoms with van der Waals surface area (Å²) in [5.74, 6) is 1.16. The Morgan fingerprint density at radius 2 is 2.40 bits per heavy atom. The van der Waals surface area contributed by atoms with Gasteiger partial charge in [-0.15, -0.1) is 11.8 Å². The van der Waals surface area contributed by atoms with E-state index in [4.69, 9.17) is 0 Å². The smallest absolute Gasteiger partial charge is 0.100 e. The van der Waals surface area contributed by atoms with E-state index in [1.54, 1.807) is 0 Å². The molecule has 1 aliphatic carbocycles. The fourth-order valence-electron chi connectivity index (χ4n) is 1.43. The van der Waals surface area contributed by atoms with Crippen molar-refractivity contribution < 1.29 is 0 Å². The van der Waals surface area contributed by atoms with E-state index in [9.17, 15) is 0 Å². The highest BCUT2D eigenvalue weighted by Crippen LogP contribution is 2.23. The van der Waals surface area contributed by atoms with Crippen LogP contribution >= 0.6 is 11.8 Å². The van der Waals surface area contributed by atoms with Crippen LogP contribution in [0.4, 0.5) is 0 Å². The Hall–Kier alpha value is -0.540. The lowest BCUT2D eigenvalue weighted by molar-refractivity contribution is 0.675. The standard InChI is InChI=1S/C12H18N2S/c1-2-8-15-12-10(4-3-7-13-12)9-14-11-5-6-11/h3-4,7,11,14H,2,5-6,8-9H2,1H3. The van der Waals surface area contributed by atoms with Crippen LogP contribution in [0.1, 0.15) is 31.7 Å². The maximum absolute atomic E-state index is 4.44. The zero-order valence-electron chi connectivity index (χ0n) is 9.20. The highest BCUT2D eigenvalue weighted by Gasteiger charge is 2.20. The molecule has 1 N–H and O–H groups in total. The van der Waals surface area contributed by atoms with Gasteiger partial charge in [0.25, 0.3) is 0 Å². The molecule has 1 aromatic rings. The van der Waals surface area contributed by atoms with Crippen LogP contribution in [-0.4, -0.2) is 16.8 Å². The van der Waals surface area contributed by atoms with E-state index in [0.717, 1.165) is 18.3 Å². The summed E-state index contributed by atoms with van der Waals surface area (Å²) in [5.41, 5.74) is 1.35. The number of nitrogens with one attached hydrogen (secondary N) is 1. The Labute approximate surface area is 95.9 Å². The number of aromatic nitrogens is 1. The second kappa shape index (κ2) is 5.52. The summed E-state index contributed by atoms with van der Waals surface area (Å²) >= 11 is 1.87. The number of rotatable bonds is 6. The van der Waals surface area contributed by atoms with Crippen molar-refractivity contribution in [1.29, 1.82) is 0 Å². The molecule has 0 saturated heterocycles. The molecule has 0 radical (unpaired) electrons. The van der Waals surface area contributed by atoms with E-state index in [1.165, 1.54) is 29.9 Å². The molecule has 0 bridgehead atoms. The quantitative estimate of drug-likeness (QED) is 0.749. The van der Waals surface area contributed by atoms with Gasteiger partial charge in [-0.3, -0.25) is 0 Å². The first-order chi connectivity index (χ1) is 7.40. The zero-order valence-corrected chi connectivity index (χ0v) is 10.0. The third-order valence-electron chi connectivity index (χ3n) is 2.45. The van der Waals surface area contributed by atoms with Crippen LogP contribution in [0.3, 0.4) is 0 Å². The molecule has 15 heavy (non-hydrogen) atoms. The molecule has 0 aromatic carbocycles. The Bertz CT molecular complexity index is 310. The van der Waals surface area contributed by atoms with E-state index in [2.05, 4.69) is 23.3 Å². The van der Waals surface area contributed by atoms with Crippen LogP contribution in [-0.2, 0) is 6.54 Å². The Morgan fingerprint density at radius 1 is 1.53 bits per heavy atom. The van der Waals surface area contributed by atoms with E-state index in [0.29, 0.717) is 0 Å². The maximum atomic E-state index is 4.44. The Kier molecular flexibility index (Phi) is 4.03. The second-order valence-electron chi connectivity index (χ2n) is 3.97. The van der Waals surface area contributed by atoms with Crippen molar-refractivity contribution in [3.63, 3.8) is 0 Å². The molecule has 1 heterocycles. The van der Waals surface area contributed by atoms with Gasteiger partial charge in [0.2, 0.25) is 0 Å². The Balaban J connectivity index is 1.93. The predicted molar refractivity (Wildman–Crippen MR) is 65.1 cm³/mol. The lowest BCUT2D eigenvalue weighted by Gasteiger charge is -2.07. The molecule has 2 nitrogen and oxygen atoms in total. The Morgan fingerprint density at radius 3 is 3.13 bits per heavy atom. The molecule has 3 heteroatoms. The van der Waals surface area contributed by atoms with Crippen molar-refractivity contribution >= 4 is 11.8 Å². The molecule has 0 amide bonds. The van der Waals surface area contributed by atoms with Gasteiger partial charge in [0, 0.05) is 18.8 Å². The van der Waals surface area contributed by atoms with Gasteiger partial charge in [-0.2, -0.15) is 0 Å². The van der Waals surface area contributed by atoms with Gasteiger partial charge in [-0.1, -0.05) is 13.0 Å². The average Bonchev–Trinajstić information content (AvgIpc) is 3.08. The third-order valence-corrected chi connectivity index (χ3v) is 3.70. The van der Waals surface area contributed by atoms with Gasteiger partial charge in [-0.25, -0.2) is 4.98 Å². The first-order valence-electron chi connectivity index (χ1n) is 5.70. The van der Waals surface area contributed by atoms with Crippen molar-refractivity contribution in [3.8, 4) is 0 Å². The van der Waals surface area contributed by atoms with Gasteiger partial charge in [0.05, 0.1) is 0 Å². The molecule has 1 fully saturated rings. The van der Waals surface area contributed by atoms with Gasteiger partial charge in [0.15, 0.2) is 0 Å². The predicted octanol–water partition coefficient (Wildman–Crippen LogP) is 2.84. The number of nitrogens with zero attached hydrogens (tertiary/aromatic N) is 1. The highest BCUT2D eigenvalue weighted by molar-refractivity contribution is 7.99. The minimum atomic E-state index is 0.772. The van der Waals surface area contributed by atoms with Gasteiger partial charge in [0.1, 0.15) is 5.03 Å². The van der Waals surface area contributed by atoms with E-state index in [-0.39, 0.29) is 0 Å². The van der Waals surface area contributed by atoms with Crippen molar-refractivity contribution in [2.24, 2.45) is 0 Å².